The smallest absolute Gasteiger partial charge is 0.241 e. The van der Waals surface area contributed by atoms with Gasteiger partial charge in [0.25, 0.3) is 0 Å². The Bertz CT molecular complexity index is 543. The van der Waals surface area contributed by atoms with Crippen molar-refractivity contribution in [1.82, 2.24) is 0 Å². The molecule has 0 heterocycles. The summed E-state index contributed by atoms with van der Waals surface area (Å²) in [6, 6.07) is 2.90. The number of halogens is 2. The Morgan fingerprint density at radius 1 is 1.53 bits per heavy atom. The molecule has 17 heavy (non-hydrogen) atoms. The average molecular weight is 341 g/mol. The maximum absolute atomic E-state index is 11.4. The fourth-order valence-electron chi connectivity index (χ4n) is 1.12. The molecule has 0 saturated carbocycles. The van der Waals surface area contributed by atoms with Gasteiger partial charge in [-0.1, -0.05) is 39.7 Å². The summed E-state index contributed by atoms with van der Waals surface area (Å²) in [5.74, 6) is 0.0652. The van der Waals surface area contributed by atoms with Crippen LogP contribution in [0, 0.1) is 0 Å². The van der Waals surface area contributed by atoms with E-state index in [1.165, 1.54) is 6.07 Å². The number of hydrogen-bond donors (Lipinski definition) is 1. The van der Waals surface area contributed by atoms with Gasteiger partial charge < -0.3 is 4.74 Å². The second-order valence-corrected chi connectivity index (χ2v) is 5.99. The molecule has 0 radical (unpaired) electrons. The molecular weight excluding hydrogens is 330 g/mol. The van der Waals surface area contributed by atoms with Crippen LogP contribution >= 0.6 is 27.5 Å². The molecule has 0 aromatic heterocycles. The predicted molar refractivity (Wildman–Crippen MR) is 70.8 cm³/mol. The lowest BCUT2D eigenvalue weighted by Crippen LogP contribution is -2.14. The standard InChI is InChI=1S/C10H11BrClNO3S/c1-2-3-4-16-10-8(12)5-7(11)6-9(10)17(13,14)15/h2-3,5-6H,4H2,1H3,(H2,13,14,15)/b3-2+. The Balaban J connectivity index is 3.26. The van der Waals surface area contributed by atoms with Crippen LogP contribution in [0.3, 0.4) is 0 Å². The Labute approximate surface area is 114 Å². The molecule has 0 saturated heterocycles. The number of rotatable bonds is 4. The molecule has 0 unspecified atom stereocenters. The van der Waals surface area contributed by atoms with Crippen LogP contribution in [0.15, 0.2) is 33.7 Å². The van der Waals surface area contributed by atoms with E-state index < -0.39 is 10.0 Å². The minimum absolute atomic E-state index is 0.0652. The Morgan fingerprint density at radius 2 is 2.18 bits per heavy atom. The van der Waals surface area contributed by atoms with Crippen molar-refractivity contribution in [3.05, 3.63) is 33.8 Å². The van der Waals surface area contributed by atoms with E-state index >= 15 is 0 Å². The second-order valence-electron chi connectivity index (χ2n) is 3.14. The van der Waals surface area contributed by atoms with Crippen molar-refractivity contribution in [2.75, 3.05) is 6.61 Å². The number of hydrogen-bond acceptors (Lipinski definition) is 3. The third-order valence-electron chi connectivity index (χ3n) is 1.84. The van der Waals surface area contributed by atoms with E-state index in [-0.39, 0.29) is 22.3 Å². The van der Waals surface area contributed by atoms with E-state index in [9.17, 15) is 8.42 Å². The first kappa shape index (κ1) is 14.5. The SMILES string of the molecule is C/C=C/COc1c(Cl)cc(Br)cc1S(N)(=O)=O. The number of allylic oxidation sites excluding steroid dienone is 1. The summed E-state index contributed by atoms with van der Waals surface area (Å²) < 4.78 is 28.6. The molecule has 0 bridgehead atoms. The molecule has 0 aliphatic carbocycles. The fraction of sp³-hybridized carbons (Fsp3) is 0.200. The van der Waals surface area contributed by atoms with Gasteiger partial charge in [-0.25, -0.2) is 13.6 Å². The highest BCUT2D eigenvalue weighted by atomic mass is 79.9. The quantitative estimate of drug-likeness (QED) is 0.857. The van der Waals surface area contributed by atoms with E-state index in [2.05, 4.69) is 15.9 Å². The summed E-state index contributed by atoms with van der Waals surface area (Å²) in [7, 11) is -3.88. The molecule has 0 atom stereocenters. The van der Waals surface area contributed by atoms with Crippen molar-refractivity contribution in [2.24, 2.45) is 5.14 Å². The fourth-order valence-corrected chi connectivity index (χ4v) is 2.91. The molecule has 4 nitrogen and oxygen atoms in total. The topological polar surface area (TPSA) is 69.4 Å². The van der Waals surface area contributed by atoms with Gasteiger partial charge in [-0.15, -0.1) is 0 Å². The molecule has 2 N–H and O–H groups in total. The summed E-state index contributed by atoms with van der Waals surface area (Å²) in [4.78, 5) is -0.138. The average Bonchev–Trinajstić information content (AvgIpc) is 2.19. The van der Waals surface area contributed by atoms with Crippen molar-refractivity contribution in [1.29, 1.82) is 0 Å². The zero-order chi connectivity index (χ0) is 13.1. The summed E-state index contributed by atoms with van der Waals surface area (Å²) in [6.07, 6.45) is 3.51. The molecule has 1 aromatic carbocycles. The van der Waals surface area contributed by atoms with Crippen LogP contribution in [0.4, 0.5) is 0 Å². The molecule has 0 aliphatic heterocycles. The Hall–Kier alpha value is -0.560. The minimum atomic E-state index is -3.88. The van der Waals surface area contributed by atoms with Gasteiger partial charge in [0.1, 0.15) is 11.5 Å². The van der Waals surface area contributed by atoms with Gasteiger partial charge in [-0.2, -0.15) is 0 Å². The van der Waals surface area contributed by atoms with Crippen LogP contribution in [0.2, 0.25) is 5.02 Å². The van der Waals surface area contributed by atoms with Crippen LogP contribution in [0.25, 0.3) is 0 Å². The summed E-state index contributed by atoms with van der Waals surface area (Å²) in [5, 5.41) is 5.28. The molecule has 0 fully saturated rings. The number of primary sulfonamides is 1. The van der Waals surface area contributed by atoms with Crippen molar-refractivity contribution >= 4 is 37.6 Å². The van der Waals surface area contributed by atoms with Crippen LogP contribution in [0.1, 0.15) is 6.92 Å². The highest BCUT2D eigenvalue weighted by Crippen LogP contribution is 2.34. The van der Waals surface area contributed by atoms with Gasteiger partial charge >= 0.3 is 0 Å². The molecule has 94 valence electrons. The lowest BCUT2D eigenvalue weighted by molar-refractivity contribution is 0.353. The van der Waals surface area contributed by atoms with E-state index in [0.29, 0.717) is 4.47 Å². The normalized spacial score (nSPS) is 12.0. The van der Waals surface area contributed by atoms with Crippen LogP contribution in [0.5, 0.6) is 5.75 Å². The molecule has 7 heteroatoms. The molecule has 1 aromatic rings. The summed E-state index contributed by atoms with van der Waals surface area (Å²) >= 11 is 9.07. The van der Waals surface area contributed by atoms with Gasteiger partial charge in [0.2, 0.25) is 10.0 Å². The monoisotopic (exact) mass is 339 g/mol. The first-order valence-corrected chi connectivity index (χ1v) is 7.33. The van der Waals surface area contributed by atoms with Crippen molar-refractivity contribution < 1.29 is 13.2 Å². The van der Waals surface area contributed by atoms with Gasteiger partial charge in [-0.05, 0) is 19.1 Å². The van der Waals surface area contributed by atoms with E-state index in [0.717, 1.165) is 0 Å². The minimum Gasteiger partial charge on any atom is -0.487 e. The predicted octanol–water partition coefficient (Wildman–Crippen LogP) is 2.70. The van der Waals surface area contributed by atoms with Gasteiger partial charge in [0.05, 0.1) is 5.02 Å². The largest absolute Gasteiger partial charge is 0.487 e. The Morgan fingerprint density at radius 3 is 2.71 bits per heavy atom. The lowest BCUT2D eigenvalue weighted by atomic mass is 10.3. The van der Waals surface area contributed by atoms with Crippen molar-refractivity contribution in [2.45, 2.75) is 11.8 Å². The third-order valence-corrected chi connectivity index (χ3v) is 3.50. The number of benzene rings is 1. The molecule has 1 rings (SSSR count). The van der Waals surface area contributed by atoms with Crippen LogP contribution in [-0.4, -0.2) is 15.0 Å². The summed E-state index contributed by atoms with van der Waals surface area (Å²) in [5.41, 5.74) is 0. The lowest BCUT2D eigenvalue weighted by Gasteiger charge is -2.11. The summed E-state index contributed by atoms with van der Waals surface area (Å²) in [6.45, 7) is 2.05. The first-order valence-electron chi connectivity index (χ1n) is 4.62. The van der Waals surface area contributed by atoms with Crippen molar-refractivity contribution in [3.63, 3.8) is 0 Å². The zero-order valence-corrected chi connectivity index (χ0v) is 12.1. The van der Waals surface area contributed by atoms with Gasteiger partial charge in [0, 0.05) is 4.47 Å². The molecular formula is C10H11BrClNO3S. The van der Waals surface area contributed by atoms with Crippen LogP contribution in [-0.2, 0) is 10.0 Å². The maximum atomic E-state index is 11.4. The van der Waals surface area contributed by atoms with E-state index in [1.807, 2.05) is 6.92 Å². The van der Waals surface area contributed by atoms with Crippen molar-refractivity contribution in [3.8, 4) is 5.75 Å². The second kappa shape index (κ2) is 5.86. The van der Waals surface area contributed by atoms with Gasteiger partial charge in [-0.3, -0.25) is 0 Å². The molecule has 0 amide bonds. The third kappa shape index (κ3) is 3.99. The van der Waals surface area contributed by atoms with Crippen LogP contribution < -0.4 is 9.88 Å². The highest BCUT2D eigenvalue weighted by Gasteiger charge is 2.19. The van der Waals surface area contributed by atoms with Gasteiger partial charge in [0.15, 0.2) is 5.75 Å². The highest BCUT2D eigenvalue weighted by molar-refractivity contribution is 9.10. The number of ether oxygens (including phenoxy) is 1. The zero-order valence-electron chi connectivity index (χ0n) is 8.98. The van der Waals surface area contributed by atoms with E-state index in [4.69, 9.17) is 21.5 Å². The Kier molecular flexibility index (Phi) is 5.00. The molecule has 0 spiro atoms. The first-order chi connectivity index (χ1) is 7.86. The number of sulfonamides is 1. The number of nitrogens with two attached hydrogens (primary N) is 1. The van der Waals surface area contributed by atoms with E-state index in [1.54, 1.807) is 18.2 Å². The maximum Gasteiger partial charge on any atom is 0.241 e. The molecule has 0 aliphatic rings.